The molecule has 0 heterocycles. The highest BCUT2D eigenvalue weighted by atomic mass is 127. The molecule has 0 atom stereocenters. The van der Waals surface area contributed by atoms with Crippen molar-refractivity contribution in [1.29, 1.82) is 0 Å². The third kappa shape index (κ3) is 4.25. The van der Waals surface area contributed by atoms with Crippen LogP contribution in [-0.4, -0.2) is 20.1 Å². The van der Waals surface area contributed by atoms with Crippen molar-refractivity contribution in [2.24, 2.45) is 0 Å². The standard InChI is InChI=1S/C10H14BrIN2/c1-13-4-5-14-7-8-6-9(11)2-3-10(8)12/h2-3,6,13-14H,4-5,7H2,1H3. The minimum Gasteiger partial charge on any atom is -0.318 e. The predicted octanol–water partition coefficient (Wildman–Crippen LogP) is 2.36. The van der Waals surface area contributed by atoms with E-state index in [1.807, 2.05) is 7.05 Å². The molecule has 0 bridgehead atoms. The second kappa shape index (κ2) is 6.76. The van der Waals surface area contributed by atoms with Crippen molar-refractivity contribution in [1.82, 2.24) is 10.6 Å². The number of likely N-dealkylation sites (N-methyl/N-ethyl adjacent to an activating group) is 1. The Morgan fingerprint density at radius 3 is 2.86 bits per heavy atom. The normalized spacial score (nSPS) is 10.5. The Hall–Kier alpha value is 0.350. The van der Waals surface area contributed by atoms with E-state index >= 15 is 0 Å². The Kier molecular flexibility index (Phi) is 6.00. The lowest BCUT2D eigenvalue weighted by Gasteiger charge is -2.07. The maximum atomic E-state index is 3.48. The lowest BCUT2D eigenvalue weighted by atomic mass is 10.2. The van der Waals surface area contributed by atoms with E-state index in [1.165, 1.54) is 9.13 Å². The van der Waals surface area contributed by atoms with Gasteiger partial charge in [0.05, 0.1) is 0 Å². The monoisotopic (exact) mass is 368 g/mol. The molecule has 0 aliphatic rings. The number of rotatable bonds is 5. The van der Waals surface area contributed by atoms with Gasteiger partial charge in [-0.05, 0) is 53.4 Å². The minimum absolute atomic E-state index is 0.930. The van der Waals surface area contributed by atoms with Crippen molar-refractivity contribution in [3.8, 4) is 0 Å². The molecule has 78 valence electrons. The fourth-order valence-electron chi connectivity index (χ4n) is 1.12. The molecule has 0 saturated carbocycles. The third-order valence-electron chi connectivity index (χ3n) is 1.87. The molecule has 0 aliphatic carbocycles. The average molecular weight is 369 g/mol. The van der Waals surface area contributed by atoms with E-state index in [0.717, 1.165) is 24.1 Å². The van der Waals surface area contributed by atoms with Gasteiger partial charge in [0, 0.05) is 27.7 Å². The van der Waals surface area contributed by atoms with Crippen molar-refractivity contribution in [3.05, 3.63) is 31.8 Å². The summed E-state index contributed by atoms with van der Waals surface area (Å²) in [6.45, 7) is 2.93. The number of halogens is 2. The predicted molar refractivity (Wildman–Crippen MR) is 72.5 cm³/mol. The van der Waals surface area contributed by atoms with E-state index in [1.54, 1.807) is 0 Å². The van der Waals surface area contributed by atoms with Gasteiger partial charge in [0.25, 0.3) is 0 Å². The van der Waals surface area contributed by atoms with Gasteiger partial charge in [-0.25, -0.2) is 0 Å². The molecule has 0 unspecified atom stereocenters. The summed E-state index contributed by atoms with van der Waals surface area (Å²) in [7, 11) is 1.96. The number of benzene rings is 1. The van der Waals surface area contributed by atoms with E-state index in [-0.39, 0.29) is 0 Å². The largest absolute Gasteiger partial charge is 0.318 e. The Bertz CT molecular complexity index is 291. The molecule has 0 fully saturated rings. The van der Waals surface area contributed by atoms with Gasteiger partial charge in [0.2, 0.25) is 0 Å². The zero-order chi connectivity index (χ0) is 10.4. The van der Waals surface area contributed by atoms with E-state index in [4.69, 9.17) is 0 Å². The lowest BCUT2D eigenvalue weighted by molar-refractivity contribution is 0.649. The van der Waals surface area contributed by atoms with Gasteiger partial charge < -0.3 is 10.6 Å². The Morgan fingerprint density at radius 1 is 1.36 bits per heavy atom. The summed E-state index contributed by atoms with van der Waals surface area (Å²) >= 11 is 5.84. The topological polar surface area (TPSA) is 24.1 Å². The molecule has 0 spiro atoms. The van der Waals surface area contributed by atoms with Crippen molar-refractivity contribution in [2.75, 3.05) is 20.1 Å². The van der Waals surface area contributed by atoms with Crippen molar-refractivity contribution < 1.29 is 0 Å². The summed E-state index contributed by atoms with van der Waals surface area (Å²) in [5, 5.41) is 6.49. The molecule has 1 aromatic carbocycles. The van der Waals surface area contributed by atoms with Gasteiger partial charge in [-0.15, -0.1) is 0 Å². The summed E-state index contributed by atoms with van der Waals surface area (Å²) in [6.07, 6.45) is 0. The third-order valence-corrected chi connectivity index (χ3v) is 3.42. The second-order valence-corrected chi connectivity index (χ2v) is 5.09. The molecule has 4 heteroatoms. The van der Waals surface area contributed by atoms with Gasteiger partial charge in [-0.2, -0.15) is 0 Å². The summed E-state index contributed by atoms with van der Waals surface area (Å²) < 4.78 is 2.45. The van der Waals surface area contributed by atoms with E-state index in [9.17, 15) is 0 Å². The van der Waals surface area contributed by atoms with Crippen LogP contribution >= 0.6 is 38.5 Å². The Balaban J connectivity index is 2.45. The molecule has 2 nitrogen and oxygen atoms in total. The quantitative estimate of drug-likeness (QED) is 0.615. The summed E-state index contributed by atoms with van der Waals surface area (Å²) in [6, 6.07) is 6.35. The van der Waals surface area contributed by atoms with Crippen LogP contribution in [0.5, 0.6) is 0 Å². The van der Waals surface area contributed by atoms with Crippen molar-refractivity contribution >= 4 is 38.5 Å². The van der Waals surface area contributed by atoms with Gasteiger partial charge in [0.1, 0.15) is 0 Å². The first-order chi connectivity index (χ1) is 6.74. The first-order valence-corrected chi connectivity index (χ1v) is 6.40. The molecular formula is C10H14BrIN2. The first kappa shape index (κ1) is 12.4. The van der Waals surface area contributed by atoms with Crippen LogP contribution in [0.2, 0.25) is 0 Å². The number of nitrogens with one attached hydrogen (secondary N) is 2. The second-order valence-electron chi connectivity index (χ2n) is 3.02. The maximum Gasteiger partial charge on any atom is 0.0216 e. The summed E-state index contributed by atoms with van der Waals surface area (Å²) in [5.74, 6) is 0. The molecule has 1 aromatic rings. The lowest BCUT2D eigenvalue weighted by Crippen LogP contribution is -2.24. The first-order valence-electron chi connectivity index (χ1n) is 4.53. The highest BCUT2D eigenvalue weighted by Gasteiger charge is 1.99. The minimum atomic E-state index is 0.930. The molecular weight excluding hydrogens is 355 g/mol. The van der Waals surface area contributed by atoms with Crippen LogP contribution in [0.3, 0.4) is 0 Å². The maximum absolute atomic E-state index is 3.48. The van der Waals surface area contributed by atoms with Gasteiger partial charge in [-0.1, -0.05) is 15.9 Å². The van der Waals surface area contributed by atoms with Gasteiger partial charge >= 0.3 is 0 Å². The molecule has 2 N–H and O–H groups in total. The summed E-state index contributed by atoms with van der Waals surface area (Å²) in [4.78, 5) is 0. The van der Waals surface area contributed by atoms with Crippen LogP contribution in [0.15, 0.2) is 22.7 Å². The zero-order valence-electron chi connectivity index (χ0n) is 8.11. The Labute approximate surface area is 107 Å². The molecule has 1 rings (SSSR count). The molecule has 0 aliphatic heterocycles. The van der Waals surface area contributed by atoms with Crippen LogP contribution in [-0.2, 0) is 6.54 Å². The van der Waals surface area contributed by atoms with Crippen molar-refractivity contribution in [3.63, 3.8) is 0 Å². The van der Waals surface area contributed by atoms with Crippen molar-refractivity contribution in [2.45, 2.75) is 6.54 Å². The van der Waals surface area contributed by atoms with E-state index in [0.29, 0.717) is 0 Å². The fourth-order valence-corrected chi connectivity index (χ4v) is 2.05. The molecule has 0 amide bonds. The highest BCUT2D eigenvalue weighted by molar-refractivity contribution is 14.1. The fraction of sp³-hybridized carbons (Fsp3) is 0.400. The molecule has 0 aromatic heterocycles. The Morgan fingerprint density at radius 2 is 2.14 bits per heavy atom. The van der Waals surface area contributed by atoms with Crippen LogP contribution in [0.1, 0.15) is 5.56 Å². The molecule has 0 radical (unpaired) electrons. The van der Waals surface area contributed by atoms with Crippen LogP contribution in [0.25, 0.3) is 0 Å². The van der Waals surface area contributed by atoms with E-state index < -0.39 is 0 Å². The molecule has 0 saturated heterocycles. The number of hydrogen-bond donors (Lipinski definition) is 2. The van der Waals surface area contributed by atoms with Crippen LogP contribution in [0.4, 0.5) is 0 Å². The summed E-state index contributed by atoms with van der Waals surface area (Å²) in [5.41, 5.74) is 1.34. The SMILES string of the molecule is CNCCNCc1cc(Br)ccc1I. The van der Waals surface area contributed by atoms with Gasteiger partial charge in [-0.3, -0.25) is 0 Å². The van der Waals surface area contributed by atoms with E-state index in [2.05, 4.69) is 67.4 Å². The smallest absolute Gasteiger partial charge is 0.0216 e. The average Bonchev–Trinajstić information content (AvgIpc) is 2.18. The molecule has 14 heavy (non-hydrogen) atoms. The highest BCUT2D eigenvalue weighted by Crippen LogP contribution is 2.17. The van der Waals surface area contributed by atoms with Crippen LogP contribution in [0, 0.1) is 3.57 Å². The zero-order valence-corrected chi connectivity index (χ0v) is 11.9. The number of hydrogen-bond acceptors (Lipinski definition) is 2. The van der Waals surface area contributed by atoms with Crippen LogP contribution < -0.4 is 10.6 Å². The van der Waals surface area contributed by atoms with Gasteiger partial charge in [0.15, 0.2) is 0 Å².